The monoisotopic (exact) mass is 283 g/mol. The lowest BCUT2D eigenvalue weighted by molar-refractivity contribution is -0.144. The molecule has 2 aliphatic carbocycles. The summed E-state index contributed by atoms with van der Waals surface area (Å²) in [6, 6.07) is 0.371. The lowest BCUT2D eigenvalue weighted by Gasteiger charge is -2.50. The molecule has 0 aromatic heterocycles. The summed E-state index contributed by atoms with van der Waals surface area (Å²) in [4.78, 5) is 16.2. The van der Waals surface area contributed by atoms with Gasteiger partial charge in [-0.2, -0.15) is 0 Å². The van der Waals surface area contributed by atoms with Crippen LogP contribution in [0.25, 0.3) is 0 Å². The van der Waals surface area contributed by atoms with Crippen molar-refractivity contribution in [1.29, 1.82) is 0 Å². The zero-order valence-corrected chi connectivity index (χ0v) is 13.3. The highest BCUT2D eigenvalue weighted by Gasteiger charge is 2.47. The molecule has 0 bridgehead atoms. The van der Waals surface area contributed by atoms with E-state index in [0.29, 0.717) is 18.0 Å². The second-order valence-corrected chi connectivity index (χ2v) is 6.92. The van der Waals surface area contributed by atoms with Crippen LogP contribution in [0.2, 0.25) is 0 Å². The number of rotatable bonds is 6. The Bertz CT molecular complexity index is 368. The molecule has 2 rings (SSSR count). The van der Waals surface area contributed by atoms with Crippen LogP contribution in [-0.4, -0.2) is 72.7 Å². The average molecular weight is 283 g/mol. The van der Waals surface area contributed by atoms with E-state index in [-0.39, 0.29) is 0 Å². The van der Waals surface area contributed by atoms with Gasteiger partial charge in [-0.15, -0.1) is 0 Å². The molecule has 0 aliphatic heterocycles. The highest BCUT2D eigenvalue weighted by Crippen LogP contribution is 2.39. The van der Waals surface area contributed by atoms with E-state index in [1.807, 2.05) is 0 Å². The molecule has 2 saturated carbocycles. The molecule has 5 nitrogen and oxygen atoms in total. The Morgan fingerprint density at radius 2 is 1.95 bits per heavy atom. The Balaban J connectivity index is 1.98. The third-order valence-corrected chi connectivity index (χ3v) is 5.78. The Hall–Kier alpha value is -0.650. The van der Waals surface area contributed by atoms with E-state index >= 15 is 0 Å². The first-order chi connectivity index (χ1) is 9.35. The number of likely N-dealkylation sites (N-methyl/N-ethyl adjacent to an activating group) is 3. The summed E-state index contributed by atoms with van der Waals surface area (Å²) in [6.45, 7) is 1.05. The van der Waals surface area contributed by atoms with Crippen LogP contribution in [-0.2, 0) is 4.79 Å². The van der Waals surface area contributed by atoms with Gasteiger partial charge >= 0.3 is 5.97 Å². The van der Waals surface area contributed by atoms with Gasteiger partial charge < -0.3 is 20.2 Å². The van der Waals surface area contributed by atoms with Crippen molar-refractivity contribution in [3.05, 3.63) is 0 Å². The zero-order valence-electron chi connectivity index (χ0n) is 13.3. The van der Waals surface area contributed by atoms with Crippen LogP contribution in [0.4, 0.5) is 0 Å². The highest BCUT2D eigenvalue weighted by molar-refractivity contribution is 5.79. The minimum atomic E-state index is -0.718. The van der Waals surface area contributed by atoms with E-state index in [9.17, 15) is 9.90 Å². The molecule has 0 spiro atoms. The van der Waals surface area contributed by atoms with E-state index < -0.39 is 11.5 Å². The smallest absolute Gasteiger partial charge is 0.323 e. The standard InChI is InChI=1S/C15H29N3O2/c1-16-15(13(19)20)9-6-12(10-15)18(4)11-14(17(2)3)7-5-8-14/h12,16H,5-11H2,1-4H3,(H,19,20). The van der Waals surface area contributed by atoms with Crippen LogP contribution in [0.5, 0.6) is 0 Å². The number of carboxylic acids is 1. The van der Waals surface area contributed by atoms with Gasteiger partial charge in [-0.3, -0.25) is 4.79 Å². The quantitative estimate of drug-likeness (QED) is 0.761. The average Bonchev–Trinajstić information content (AvgIpc) is 2.78. The molecule has 0 heterocycles. The van der Waals surface area contributed by atoms with E-state index in [0.717, 1.165) is 19.4 Å². The van der Waals surface area contributed by atoms with Gasteiger partial charge in [0.15, 0.2) is 0 Å². The molecular weight excluding hydrogens is 254 g/mol. The number of aliphatic carboxylic acids is 1. The first-order valence-corrected chi connectivity index (χ1v) is 7.65. The van der Waals surface area contributed by atoms with E-state index in [2.05, 4.69) is 36.3 Å². The van der Waals surface area contributed by atoms with Crippen LogP contribution in [0.15, 0.2) is 0 Å². The molecule has 2 fully saturated rings. The second-order valence-electron chi connectivity index (χ2n) is 6.92. The molecule has 5 heteroatoms. The highest BCUT2D eigenvalue weighted by atomic mass is 16.4. The first-order valence-electron chi connectivity index (χ1n) is 7.65. The van der Waals surface area contributed by atoms with Crippen molar-refractivity contribution in [1.82, 2.24) is 15.1 Å². The lowest BCUT2D eigenvalue weighted by atomic mass is 9.75. The fourth-order valence-electron chi connectivity index (χ4n) is 3.85. The predicted molar refractivity (Wildman–Crippen MR) is 80.0 cm³/mol. The molecule has 2 atom stereocenters. The number of nitrogens with zero attached hydrogens (tertiary/aromatic N) is 2. The number of carboxylic acid groups (broad SMARTS) is 1. The Morgan fingerprint density at radius 1 is 1.30 bits per heavy atom. The molecule has 0 aromatic carbocycles. The molecule has 0 saturated heterocycles. The van der Waals surface area contributed by atoms with Gasteiger partial charge in [0, 0.05) is 18.1 Å². The summed E-state index contributed by atoms with van der Waals surface area (Å²) >= 11 is 0. The maximum Gasteiger partial charge on any atom is 0.323 e. The maximum absolute atomic E-state index is 11.5. The van der Waals surface area contributed by atoms with Gasteiger partial charge in [0.2, 0.25) is 0 Å². The third kappa shape index (κ3) is 2.59. The van der Waals surface area contributed by atoms with Crippen molar-refractivity contribution in [3.8, 4) is 0 Å². The summed E-state index contributed by atoms with van der Waals surface area (Å²) in [5.74, 6) is -0.707. The van der Waals surface area contributed by atoms with Crippen LogP contribution in [0, 0.1) is 0 Å². The fourth-order valence-corrected chi connectivity index (χ4v) is 3.85. The summed E-state index contributed by atoms with van der Waals surface area (Å²) in [7, 11) is 8.25. The number of hydrogen-bond donors (Lipinski definition) is 2. The maximum atomic E-state index is 11.5. The van der Waals surface area contributed by atoms with Gasteiger partial charge in [-0.1, -0.05) is 0 Å². The molecule has 116 valence electrons. The van der Waals surface area contributed by atoms with Crippen LogP contribution in [0.3, 0.4) is 0 Å². The molecule has 20 heavy (non-hydrogen) atoms. The molecular formula is C15H29N3O2. The summed E-state index contributed by atoms with van der Waals surface area (Å²) < 4.78 is 0. The van der Waals surface area contributed by atoms with Crippen LogP contribution >= 0.6 is 0 Å². The lowest BCUT2D eigenvalue weighted by Crippen LogP contribution is -2.58. The molecule has 2 aliphatic rings. The summed E-state index contributed by atoms with van der Waals surface area (Å²) in [6.07, 6.45) is 6.22. The molecule has 2 unspecified atom stereocenters. The van der Waals surface area contributed by atoms with Gasteiger partial charge in [0.1, 0.15) is 5.54 Å². The molecule has 2 N–H and O–H groups in total. The summed E-state index contributed by atoms with van der Waals surface area (Å²) in [5, 5.41) is 12.5. The summed E-state index contributed by atoms with van der Waals surface area (Å²) in [5.41, 5.74) is -0.410. The van der Waals surface area contributed by atoms with Crippen molar-refractivity contribution < 1.29 is 9.90 Å². The minimum absolute atomic E-state index is 0.308. The number of hydrogen-bond acceptors (Lipinski definition) is 4. The van der Waals surface area contributed by atoms with Gasteiger partial charge in [-0.05, 0) is 66.7 Å². The largest absolute Gasteiger partial charge is 0.480 e. The van der Waals surface area contributed by atoms with Crippen molar-refractivity contribution in [3.63, 3.8) is 0 Å². The van der Waals surface area contributed by atoms with E-state index in [1.165, 1.54) is 19.3 Å². The zero-order chi connectivity index (χ0) is 15.0. The topological polar surface area (TPSA) is 55.8 Å². The molecule has 0 amide bonds. The predicted octanol–water partition coefficient (Wildman–Crippen LogP) is 0.998. The van der Waals surface area contributed by atoms with Crippen molar-refractivity contribution >= 4 is 5.97 Å². The van der Waals surface area contributed by atoms with Crippen molar-refractivity contribution in [2.45, 2.75) is 55.6 Å². The van der Waals surface area contributed by atoms with E-state index in [4.69, 9.17) is 0 Å². The second kappa shape index (κ2) is 5.62. The van der Waals surface area contributed by atoms with E-state index in [1.54, 1.807) is 7.05 Å². The van der Waals surface area contributed by atoms with Crippen molar-refractivity contribution in [2.75, 3.05) is 34.7 Å². The van der Waals surface area contributed by atoms with Gasteiger partial charge in [-0.25, -0.2) is 0 Å². The van der Waals surface area contributed by atoms with Crippen LogP contribution in [0.1, 0.15) is 38.5 Å². The normalized spacial score (nSPS) is 32.6. The number of carbonyl (C=O) groups is 1. The number of nitrogens with one attached hydrogen (secondary N) is 1. The van der Waals surface area contributed by atoms with Crippen LogP contribution < -0.4 is 5.32 Å². The Labute approximate surface area is 122 Å². The SMILES string of the molecule is CNC1(C(=O)O)CCC(N(C)CC2(N(C)C)CCC2)C1. The molecule has 0 aromatic rings. The Morgan fingerprint density at radius 3 is 2.30 bits per heavy atom. The molecule has 0 radical (unpaired) electrons. The Kier molecular flexibility index (Phi) is 4.42. The van der Waals surface area contributed by atoms with Gasteiger partial charge in [0.05, 0.1) is 0 Å². The fraction of sp³-hybridized carbons (Fsp3) is 0.933. The minimum Gasteiger partial charge on any atom is -0.480 e. The third-order valence-electron chi connectivity index (χ3n) is 5.78. The van der Waals surface area contributed by atoms with Gasteiger partial charge in [0.25, 0.3) is 0 Å². The first kappa shape index (κ1) is 15.7. The van der Waals surface area contributed by atoms with Crippen molar-refractivity contribution in [2.24, 2.45) is 0 Å².